The molecule has 1 aromatic heterocycles. The zero-order valence-electron chi connectivity index (χ0n) is 9.78. The van der Waals surface area contributed by atoms with Crippen LogP contribution in [0.2, 0.25) is 0 Å². The molecule has 0 aliphatic heterocycles. The van der Waals surface area contributed by atoms with E-state index >= 15 is 0 Å². The van der Waals surface area contributed by atoms with Crippen molar-refractivity contribution >= 4 is 37.8 Å². The normalized spacial score (nSPS) is 11.2. The van der Waals surface area contributed by atoms with Crippen molar-refractivity contribution in [2.75, 3.05) is 0 Å². The first-order valence-electron chi connectivity index (χ1n) is 5.58. The maximum absolute atomic E-state index is 10.9. The van der Waals surface area contributed by atoms with Crippen molar-refractivity contribution in [2.45, 2.75) is 13.8 Å². The zero-order chi connectivity index (χ0) is 12.0. The van der Waals surface area contributed by atoms with Crippen LogP contribution in [0.1, 0.15) is 21.5 Å². The first-order chi connectivity index (χ1) is 8.20. The summed E-state index contributed by atoms with van der Waals surface area (Å²) in [5.41, 5.74) is 3.25. The minimum absolute atomic E-state index is 0.760. The van der Waals surface area contributed by atoms with Gasteiger partial charge in [0.1, 0.15) is 6.29 Å². The van der Waals surface area contributed by atoms with Gasteiger partial charge in [0.25, 0.3) is 0 Å². The highest BCUT2D eigenvalue weighted by Crippen LogP contribution is 2.37. The van der Waals surface area contributed by atoms with Crippen LogP contribution >= 0.6 is 11.3 Å². The molecule has 2 heteroatoms. The molecule has 17 heavy (non-hydrogen) atoms. The third-order valence-electron chi connectivity index (χ3n) is 3.14. The Balaban J connectivity index is 2.56. The highest BCUT2D eigenvalue weighted by atomic mass is 32.1. The molecular formula is C15H12OS. The highest BCUT2D eigenvalue weighted by Gasteiger charge is 2.09. The lowest BCUT2D eigenvalue weighted by atomic mass is 10.1. The lowest BCUT2D eigenvalue weighted by Gasteiger charge is -1.98. The van der Waals surface area contributed by atoms with E-state index in [1.54, 1.807) is 0 Å². The van der Waals surface area contributed by atoms with Gasteiger partial charge in [-0.2, -0.15) is 0 Å². The molecule has 0 amide bonds. The van der Waals surface area contributed by atoms with E-state index in [2.05, 4.69) is 32.0 Å². The fraction of sp³-hybridized carbons (Fsp3) is 0.133. The summed E-state index contributed by atoms with van der Waals surface area (Å²) in [5.74, 6) is 0. The molecular weight excluding hydrogens is 228 g/mol. The van der Waals surface area contributed by atoms with E-state index in [0.717, 1.165) is 11.8 Å². The summed E-state index contributed by atoms with van der Waals surface area (Å²) in [6.07, 6.45) is 0.922. The van der Waals surface area contributed by atoms with Gasteiger partial charge >= 0.3 is 0 Å². The Hall–Kier alpha value is -1.67. The second-order valence-electron chi connectivity index (χ2n) is 4.39. The van der Waals surface area contributed by atoms with E-state index < -0.39 is 0 Å². The predicted octanol–water partition coefficient (Wildman–Crippen LogP) is 4.48. The quantitative estimate of drug-likeness (QED) is 0.573. The summed E-state index contributed by atoms with van der Waals surface area (Å²) in [6.45, 7) is 4.20. The van der Waals surface area contributed by atoms with E-state index in [-0.39, 0.29) is 0 Å². The van der Waals surface area contributed by atoms with Gasteiger partial charge in [-0.1, -0.05) is 18.2 Å². The molecule has 3 aromatic rings. The van der Waals surface area contributed by atoms with Crippen LogP contribution in [0, 0.1) is 13.8 Å². The first-order valence-corrected chi connectivity index (χ1v) is 6.40. The molecule has 84 valence electrons. The molecule has 1 heterocycles. The Morgan fingerprint density at radius 3 is 2.53 bits per heavy atom. The molecule has 0 aliphatic rings. The molecule has 0 saturated heterocycles. The van der Waals surface area contributed by atoms with Crippen LogP contribution in [-0.2, 0) is 0 Å². The van der Waals surface area contributed by atoms with Crippen molar-refractivity contribution in [3.63, 3.8) is 0 Å². The molecule has 0 radical (unpaired) electrons. The van der Waals surface area contributed by atoms with Crippen molar-refractivity contribution in [3.8, 4) is 0 Å². The van der Waals surface area contributed by atoms with Crippen molar-refractivity contribution in [2.24, 2.45) is 0 Å². The summed E-state index contributed by atoms with van der Waals surface area (Å²) >= 11 is 1.82. The molecule has 0 aliphatic carbocycles. The molecule has 0 atom stereocenters. The molecule has 3 rings (SSSR count). The Morgan fingerprint density at radius 1 is 1.00 bits per heavy atom. The second-order valence-corrected chi connectivity index (χ2v) is 5.41. The van der Waals surface area contributed by atoms with Gasteiger partial charge in [0.05, 0.1) is 0 Å². The highest BCUT2D eigenvalue weighted by molar-refractivity contribution is 7.26. The van der Waals surface area contributed by atoms with Crippen LogP contribution in [0.4, 0.5) is 0 Å². The van der Waals surface area contributed by atoms with Crippen molar-refractivity contribution in [1.82, 2.24) is 0 Å². The monoisotopic (exact) mass is 240 g/mol. The van der Waals surface area contributed by atoms with Gasteiger partial charge in [0, 0.05) is 25.7 Å². The maximum Gasteiger partial charge on any atom is 0.150 e. The average molecular weight is 240 g/mol. The average Bonchev–Trinajstić information content (AvgIpc) is 2.70. The number of fused-ring (bicyclic) bond motifs is 3. The number of thiophene rings is 1. The fourth-order valence-electron chi connectivity index (χ4n) is 2.31. The summed E-state index contributed by atoms with van der Waals surface area (Å²) in [7, 11) is 0. The third-order valence-corrected chi connectivity index (χ3v) is 4.63. The van der Waals surface area contributed by atoms with Crippen molar-refractivity contribution < 1.29 is 4.79 Å². The van der Waals surface area contributed by atoms with Gasteiger partial charge in [0.15, 0.2) is 0 Å². The molecule has 0 N–H and O–H groups in total. The van der Waals surface area contributed by atoms with Crippen LogP contribution < -0.4 is 0 Å². The number of aldehydes is 1. The predicted molar refractivity (Wildman–Crippen MR) is 74.2 cm³/mol. The molecule has 0 fully saturated rings. The zero-order valence-corrected chi connectivity index (χ0v) is 10.6. The molecule has 0 bridgehead atoms. The van der Waals surface area contributed by atoms with E-state index in [1.807, 2.05) is 23.5 Å². The molecule has 1 nitrogen and oxygen atoms in total. The van der Waals surface area contributed by atoms with Crippen LogP contribution in [0.25, 0.3) is 20.2 Å². The van der Waals surface area contributed by atoms with E-state index in [1.165, 1.54) is 31.3 Å². The molecule has 2 aromatic carbocycles. The minimum Gasteiger partial charge on any atom is -0.298 e. The lowest BCUT2D eigenvalue weighted by Crippen LogP contribution is -1.81. The number of carbonyl (C=O) groups is 1. The smallest absolute Gasteiger partial charge is 0.150 e. The topological polar surface area (TPSA) is 17.1 Å². The van der Waals surface area contributed by atoms with E-state index in [4.69, 9.17) is 0 Å². The maximum atomic E-state index is 10.9. The van der Waals surface area contributed by atoms with Crippen LogP contribution in [0.3, 0.4) is 0 Å². The number of carbonyl (C=O) groups excluding carboxylic acids is 1. The van der Waals surface area contributed by atoms with E-state index in [0.29, 0.717) is 0 Å². The second kappa shape index (κ2) is 3.67. The van der Waals surface area contributed by atoms with E-state index in [9.17, 15) is 4.79 Å². The van der Waals surface area contributed by atoms with Gasteiger partial charge in [-0.25, -0.2) is 0 Å². The lowest BCUT2D eigenvalue weighted by molar-refractivity contribution is 0.112. The van der Waals surface area contributed by atoms with Crippen molar-refractivity contribution in [3.05, 3.63) is 47.0 Å². The standard InChI is InChI=1S/C15H12OS/c1-9-4-3-5-12-13-7-11(8-16)6-10(2)15(13)17-14(9)12/h3-8H,1-2H3. The van der Waals surface area contributed by atoms with Gasteiger partial charge in [0.2, 0.25) is 0 Å². The summed E-state index contributed by atoms with van der Waals surface area (Å²) in [6, 6.07) is 10.3. The minimum atomic E-state index is 0.760. The Kier molecular flexibility index (Phi) is 2.26. The van der Waals surface area contributed by atoms with Gasteiger partial charge in [-0.15, -0.1) is 11.3 Å². The van der Waals surface area contributed by atoms with Gasteiger partial charge in [-0.05, 0) is 37.1 Å². The first kappa shape index (κ1) is 10.5. The summed E-state index contributed by atoms with van der Waals surface area (Å²) in [4.78, 5) is 10.9. The Labute approximate surface area is 104 Å². The van der Waals surface area contributed by atoms with Gasteiger partial charge in [-0.3, -0.25) is 4.79 Å². The fourth-order valence-corrected chi connectivity index (χ4v) is 3.53. The Bertz CT molecular complexity index is 737. The number of benzene rings is 2. The third kappa shape index (κ3) is 1.48. The van der Waals surface area contributed by atoms with Gasteiger partial charge < -0.3 is 0 Å². The number of hydrogen-bond acceptors (Lipinski definition) is 2. The van der Waals surface area contributed by atoms with Crippen LogP contribution in [0.15, 0.2) is 30.3 Å². The molecule has 0 saturated carbocycles. The SMILES string of the molecule is Cc1cccc2c1sc1c(C)cc(C=O)cc12. The molecule has 0 unspecified atom stereocenters. The molecule has 0 spiro atoms. The van der Waals surface area contributed by atoms with Crippen LogP contribution in [-0.4, -0.2) is 6.29 Å². The Morgan fingerprint density at radius 2 is 1.76 bits per heavy atom. The number of rotatable bonds is 1. The largest absolute Gasteiger partial charge is 0.298 e. The summed E-state index contributed by atoms with van der Waals surface area (Å²) < 4.78 is 2.62. The van der Waals surface area contributed by atoms with Crippen molar-refractivity contribution in [1.29, 1.82) is 0 Å². The number of aryl methyl sites for hydroxylation is 2. The number of hydrogen-bond donors (Lipinski definition) is 0. The summed E-state index contributed by atoms with van der Waals surface area (Å²) in [5, 5.41) is 2.47. The van der Waals surface area contributed by atoms with Crippen LogP contribution in [0.5, 0.6) is 0 Å².